The van der Waals surface area contributed by atoms with Gasteiger partial charge in [-0.2, -0.15) is 0 Å². The molecule has 0 bridgehead atoms. The molecule has 1 heterocycles. The number of anilines is 1. The molecule has 0 spiro atoms. The number of amides is 1. The Kier molecular flexibility index (Phi) is 6.21. The predicted molar refractivity (Wildman–Crippen MR) is 85.5 cm³/mol. The number of carbonyl (C=O) groups is 1. The number of ether oxygens (including phenoxy) is 1. The molecule has 116 valence electrons. The molecule has 1 fully saturated rings. The molecule has 1 atom stereocenters. The van der Waals surface area contributed by atoms with Gasteiger partial charge in [0.2, 0.25) is 5.91 Å². The first-order valence-electron chi connectivity index (χ1n) is 7.85. The summed E-state index contributed by atoms with van der Waals surface area (Å²) < 4.78 is 5.42. The molecule has 1 aromatic carbocycles. The van der Waals surface area contributed by atoms with E-state index >= 15 is 0 Å². The van der Waals surface area contributed by atoms with Crippen LogP contribution in [0.5, 0.6) is 0 Å². The quantitative estimate of drug-likeness (QED) is 0.906. The first-order valence-corrected chi connectivity index (χ1v) is 7.85. The average molecular weight is 290 g/mol. The summed E-state index contributed by atoms with van der Waals surface area (Å²) in [7, 11) is 1.77. The number of methoxy groups -OCH3 is 1. The van der Waals surface area contributed by atoms with Crippen LogP contribution < -0.4 is 5.32 Å². The van der Waals surface area contributed by atoms with Crippen LogP contribution in [0, 0.1) is 0 Å². The van der Waals surface area contributed by atoms with Gasteiger partial charge in [-0.3, -0.25) is 9.69 Å². The Hall–Kier alpha value is -1.39. The second-order valence-electron chi connectivity index (χ2n) is 5.62. The topological polar surface area (TPSA) is 41.6 Å². The average Bonchev–Trinajstić information content (AvgIpc) is 2.73. The van der Waals surface area contributed by atoms with E-state index in [0.717, 1.165) is 44.5 Å². The number of hydrogen-bond acceptors (Lipinski definition) is 3. The summed E-state index contributed by atoms with van der Waals surface area (Å²) in [6.07, 6.45) is 4.47. The summed E-state index contributed by atoms with van der Waals surface area (Å²) in [4.78, 5) is 14.5. The Morgan fingerprint density at radius 2 is 2.14 bits per heavy atom. The third-order valence-corrected chi connectivity index (χ3v) is 4.14. The van der Waals surface area contributed by atoms with Crippen molar-refractivity contribution in [3.05, 3.63) is 29.8 Å². The van der Waals surface area contributed by atoms with Crippen LogP contribution in [0.2, 0.25) is 0 Å². The fraction of sp³-hybridized carbons (Fsp3) is 0.588. The molecule has 0 aliphatic carbocycles. The van der Waals surface area contributed by atoms with Crippen molar-refractivity contribution < 1.29 is 9.53 Å². The highest BCUT2D eigenvalue weighted by atomic mass is 16.5. The van der Waals surface area contributed by atoms with E-state index < -0.39 is 0 Å². The third-order valence-electron chi connectivity index (χ3n) is 4.14. The molecule has 4 heteroatoms. The fourth-order valence-electron chi connectivity index (χ4n) is 2.86. The smallest absolute Gasteiger partial charge is 0.238 e. The molecule has 0 saturated carbocycles. The lowest BCUT2D eigenvalue weighted by Gasteiger charge is -2.20. The minimum atomic E-state index is 0.0757. The van der Waals surface area contributed by atoms with Gasteiger partial charge in [0.15, 0.2) is 0 Å². The number of carbonyl (C=O) groups excluding carboxylic acids is 1. The largest absolute Gasteiger partial charge is 0.381 e. The van der Waals surface area contributed by atoms with E-state index in [2.05, 4.69) is 23.2 Å². The molecular formula is C17H26N2O2. The first-order chi connectivity index (χ1) is 10.2. The van der Waals surface area contributed by atoms with Crippen LogP contribution in [0.25, 0.3) is 0 Å². The van der Waals surface area contributed by atoms with Crippen LogP contribution >= 0.6 is 0 Å². The van der Waals surface area contributed by atoms with Gasteiger partial charge in [0, 0.05) is 19.3 Å². The zero-order chi connectivity index (χ0) is 15.1. The molecule has 1 unspecified atom stereocenters. The maximum Gasteiger partial charge on any atom is 0.238 e. The van der Waals surface area contributed by atoms with E-state index in [4.69, 9.17) is 4.74 Å². The second kappa shape index (κ2) is 8.15. The van der Waals surface area contributed by atoms with Gasteiger partial charge in [0.25, 0.3) is 0 Å². The Labute approximate surface area is 127 Å². The summed E-state index contributed by atoms with van der Waals surface area (Å²) >= 11 is 0. The number of benzene rings is 1. The van der Waals surface area contributed by atoms with Crippen molar-refractivity contribution in [2.45, 2.75) is 38.7 Å². The Morgan fingerprint density at radius 1 is 1.33 bits per heavy atom. The van der Waals surface area contributed by atoms with Gasteiger partial charge in [-0.25, -0.2) is 0 Å². The number of aryl methyl sites for hydroxylation is 1. The van der Waals surface area contributed by atoms with Gasteiger partial charge in [0.1, 0.15) is 0 Å². The number of hydrogen-bond donors (Lipinski definition) is 1. The second-order valence-corrected chi connectivity index (χ2v) is 5.62. The first kappa shape index (κ1) is 16.0. The van der Waals surface area contributed by atoms with Crippen LogP contribution in [-0.2, 0) is 16.0 Å². The SMILES string of the molecule is CCc1ccccc1NC(=O)CN1CCCC(OC)CC1. The summed E-state index contributed by atoms with van der Waals surface area (Å²) in [6, 6.07) is 8.00. The van der Waals surface area contributed by atoms with Crippen LogP contribution in [0.4, 0.5) is 5.69 Å². The van der Waals surface area contributed by atoms with E-state index in [1.54, 1.807) is 7.11 Å². The van der Waals surface area contributed by atoms with E-state index in [1.165, 1.54) is 5.56 Å². The zero-order valence-electron chi connectivity index (χ0n) is 13.1. The monoisotopic (exact) mass is 290 g/mol. The van der Waals surface area contributed by atoms with Crippen molar-refractivity contribution in [1.82, 2.24) is 4.90 Å². The molecule has 1 aliphatic heterocycles. The number of para-hydroxylation sites is 1. The molecule has 1 aromatic rings. The van der Waals surface area contributed by atoms with Crippen LogP contribution in [-0.4, -0.2) is 43.7 Å². The van der Waals surface area contributed by atoms with Gasteiger partial charge in [-0.05, 0) is 43.9 Å². The lowest BCUT2D eigenvalue weighted by molar-refractivity contribution is -0.117. The molecular weight excluding hydrogens is 264 g/mol. The Bertz CT molecular complexity index is 462. The lowest BCUT2D eigenvalue weighted by atomic mass is 10.1. The third kappa shape index (κ3) is 4.83. The molecule has 4 nitrogen and oxygen atoms in total. The number of likely N-dealkylation sites (tertiary alicyclic amines) is 1. The lowest BCUT2D eigenvalue weighted by Crippen LogP contribution is -2.34. The van der Waals surface area contributed by atoms with E-state index in [-0.39, 0.29) is 5.91 Å². The maximum atomic E-state index is 12.2. The summed E-state index contributed by atoms with van der Waals surface area (Å²) in [5.74, 6) is 0.0757. The number of rotatable bonds is 5. The van der Waals surface area contributed by atoms with Gasteiger partial charge >= 0.3 is 0 Å². The van der Waals surface area contributed by atoms with Crippen molar-refractivity contribution in [2.75, 3.05) is 32.1 Å². The van der Waals surface area contributed by atoms with Crippen molar-refractivity contribution in [3.63, 3.8) is 0 Å². The number of nitrogens with zero attached hydrogens (tertiary/aromatic N) is 1. The molecule has 0 radical (unpaired) electrons. The molecule has 1 amide bonds. The minimum Gasteiger partial charge on any atom is -0.381 e. The van der Waals surface area contributed by atoms with Crippen LogP contribution in [0.3, 0.4) is 0 Å². The van der Waals surface area contributed by atoms with Crippen LogP contribution in [0.1, 0.15) is 31.7 Å². The predicted octanol–water partition coefficient (Wildman–Crippen LogP) is 2.69. The molecule has 21 heavy (non-hydrogen) atoms. The normalized spacial score (nSPS) is 20.0. The fourth-order valence-corrected chi connectivity index (χ4v) is 2.86. The van der Waals surface area contributed by atoms with Gasteiger partial charge in [-0.15, -0.1) is 0 Å². The molecule has 1 saturated heterocycles. The van der Waals surface area contributed by atoms with Gasteiger partial charge in [-0.1, -0.05) is 25.1 Å². The summed E-state index contributed by atoms with van der Waals surface area (Å²) in [5, 5.41) is 3.04. The van der Waals surface area contributed by atoms with E-state index in [1.807, 2.05) is 18.2 Å². The summed E-state index contributed by atoms with van der Waals surface area (Å²) in [6.45, 7) is 4.48. The number of nitrogens with one attached hydrogen (secondary N) is 1. The Balaban J connectivity index is 1.86. The highest BCUT2D eigenvalue weighted by Gasteiger charge is 2.18. The zero-order valence-corrected chi connectivity index (χ0v) is 13.1. The van der Waals surface area contributed by atoms with E-state index in [9.17, 15) is 4.79 Å². The molecule has 1 aliphatic rings. The van der Waals surface area contributed by atoms with Crippen molar-refractivity contribution in [1.29, 1.82) is 0 Å². The minimum absolute atomic E-state index is 0.0757. The highest BCUT2D eigenvalue weighted by Crippen LogP contribution is 2.16. The van der Waals surface area contributed by atoms with Gasteiger partial charge < -0.3 is 10.1 Å². The van der Waals surface area contributed by atoms with Gasteiger partial charge in [0.05, 0.1) is 12.6 Å². The molecule has 2 rings (SSSR count). The van der Waals surface area contributed by atoms with Crippen molar-refractivity contribution >= 4 is 11.6 Å². The van der Waals surface area contributed by atoms with E-state index in [0.29, 0.717) is 12.6 Å². The summed E-state index contributed by atoms with van der Waals surface area (Å²) in [5.41, 5.74) is 2.12. The van der Waals surface area contributed by atoms with Crippen molar-refractivity contribution in [3.8, 4) is 0 Å². The van der Waals surface area contributed by atoms with Crippen molar-refractivity contribution in [2.24, 2.45) is 0 Å². The van der Waals surface area contributed by atoms with Crippen LogP contribution in [0.15, 0.2) is 24.3 Å². The maximum absolute atomic E-state index is 12.2. The molecule has 1 N–H and O–H groups in total. The molecule has 0 aromatic heterocycles. The standard InChI is InChI=1S/C17H26N2O2/c1-3-14-7-4-5-9-16(14)18-17(20)13-19-11-6-8-15(21-2)10-12-19/h4-5,7,9,15H,3,6,8,10-13H2,1-2H3,(H,18,20). The Morgan fingerprint density at radius 3 is 2.90 bits per heavy atom. The highest BCUT2D eigenvalue weighted by molar-refractivity contribution is 5.93.